The standard InChI is InChI=1S/C12H14BrNO5S/c13-11-6-5-9(7-10(11)12(15)16)20(17,18)14-19-8-3-1-2-4-8/h5-8,14H,1-4H2,(H,15,16). The highest BCUT2D eigenvalue weighted by atomic mass is 79.9. The highest BCUT2D eigenvalue weighted by Gasteiger charge is 2.22. The summed E-state index contributed by atoms with van der Waals surface area (Å²) in [5, 5.41) is 8.98. The quantitative estimate of drug-likeness (QED) is 0.782. The molecule has 0 heterocycles. The van der Waals surface area contributed by atoms with E-state index in [9.17, 15) is 13.2 Å². The summed E-state index contributed by atoms with van der Waals surface area (Å²) in [6, 6.07) is 3.79. The molecule has 1 fully saturated rings. The number of carboxylic acid groups (broad SMARTS) is 1. The summed E-state index contributed by atoms with van der Waals surface area (Å²) in [5.74, 6) is -1.20. The van der Waals surface area contributed by atoms with E-state index in [1.807, 2.05) is 0 Å². The molecule has 0 aromatic heterocycles. The van der Waals surface area contributed by atoms with Gasteiger partial charge in [0.25, 0.3) is 10.0 Å². The number of rotatable bonds is 5. The van der Waals surface area contributed by atoms with Gasteiger partial charge in [-0.15, -0.1) is 0 Å². The fraction of sp³-hybridized carbons (Fsp3) is 0.417. The Morgan fingerprint density at radius 3 is 2.60 bits per heavy atom. The SMILES string of the molecule is O=C(O)c1cc(S(=O)(=O)NOC2CCCC2)ccc1Br. The number of carbonyl (C=O) groups is 1. The molecule has 1 saturated carbocycles. The molecule has 0 unspecified atom stereocenters. The van der Waals surface area contributed by atoms with Gasteiger partial charge in [0.2, 0.25) is 0 Å². The maximum atomic E-state index is 12.0. The van der Waals surface area contributed by atoms with Gasteiger partial charge in [0.15, 0.2) is 0 Å². The fourth-order valence-electron chi connectivity index (χ4n) is 2.02. The number of sulfonamides is 1. The fourth-order valence-corrected chi connectivity index (χ4v) is 3.32. The zero-order chi connectivity index (χ0) is 14.8. The van der Waals surface area contributed by atoms with Crippen molar-refractivity contribution in [1.82, 2.24) is 4.89 Å². The number of aromatic carboxylic acids is 1. The molecule has 0 aliphatic heterocycles. The molecule has 0 spiro atoms. The molecule has 0 bridgehead atoms. The molecule has 2 rings (SSSR count). The molecule has 0 atom stereocenters. The second-order valence-electron chi connectivity index (χ2n) is 4.56. The first-order chi connectivity index (χ1) is 9.40. The van der Waals surface area contributed by atoms with Crippen LogP contribution < -0.4 is 4.89 Å². The highest BCUT2D eigenvalue weighted by molar-refractivity contribution is 9.10. The summed E-state index contributed by atoms with van der Waals surface area (Å²) in [6.45, 7) is 0. The van der Waals surface area contributed by atoms with Gasteiger partial charge >= 0.3 is 5.97 Å². The monoisotopic (exact) mass is 363 g/mol. The average Bonchev–Trinajstić information content (AvgIpc) is 2.89. The van der Waals surface area contributed by atoms with E-state index in [0.29, 0.717) is 4.47 Å². The second kappa shape index (κ2) is 6.21. The minimum atomic E-state index is -3.88. The van der Waals surface area contributed by atoms with Crippen LogP contribution in [0.2, 0.25) is 0 Å². The van der Waals surface area contributed by atoms with Crippen LogP contribution in [0.3, 0.4) is 0 Å². The van der Waals surface area contributed by atoms with Crippen LogP contribution >= 0.6 is 15.9 Å². The minimum absolute atomic E-state index is 0.112. The molecule has 20 heavy (non-hydrogen) atoms. The summed E-state index contributed by atoms with van der Waals surface area (Å²) in [6.07, 6.45) is 3.58. The first-order valence-electron chi connectivity index (χ1n) is 6.10. The number of nitrogens with one attached hydrogen (secondary N) is 1. The predicted octanol–water partition coefficient (Wildman–Crippen LogP) is 2.30. The molecule has 1 aromatic carbocycles. The maximum absolute atomic E-state index is 12.0. The average molecular weight is 364 g/mol. The molecule has 0 amide bonds. The smallest absolute Gasteiger partial charge is 0.336 e. The van der Waals surface area contributed by atoms with E-state index in [2.05, 4.69) is 20.8 Å². The third kappa shape index (κ3) is 3.57. The molecule has 8 heteroatoms. The van der Waals surface area contributed by atoms with Gasteiger partial charge in [-0.05, 0) is 47.0 Å². The predicted molar refractivity (Wildman–Crippen MR) is 74.8 cm³/mol. The molecule has 6 nitrogen and oxygen atoms in total. The van der Waals surface area contributed by atoms with Crippen molar-refractivity contribution in [2.24, 2.45) is 0 Å². The van der Waals surface area contributed by atoms with Crippen molar-refractivity contribution in [3.8, 4) is 0 Å². The lowest BCUT2D eigenvalue weighted by Gasteiger charge is -2.12. The topological polar surface area (TPSA) is 92.7 Å². The number of carboxylic acids is 1. The molecule has 1 aliphatic carbocycles. The lowest BCUT2D eigenvalue weighted by Crippen LogP contribution is -2.28. The molecule has 1 aliphatic rings. The van der Waals surface area contributed by atoms with Crippen LogP contribution in [0.25, 0.3) is 0 Å². The van der Waals surface area contributed by atoms with Crippen molar-refractivity contribution in [3.63, 3.8) is 0 Å². The van der Waals surface area contributed by atoms with Gasteiger partial charge in [-0.25, -0.2) is 13.2 Å². The van der Waals surface area contributed by atoms with E-state index in [-0.39, 0.29) is 16.6 Å². The van der Waals surface area contributed by atoms with Crippen LogP contribution in [-0.2, 0) is 14.9 Å². The largest absolute Gasteiger partial charge is 0.478 e. The number of halogens is 1. The minimum Gasteiger partial charge on any atom is -0.478 e. The van der Waals surface area contributed by atoms with Gasteiger partial charge in [0.1, 0.15) is 0 Å². The molecule has 110 valence electrons. The van der Waals surface area contributed by atoms with Crippen LogP contribution in [0.4, 0.5) is 0 Å². The van der Waals surface area contributed by atoms with Crippen LogP contribution in [0.5, 0.6) is 0 Å². The summed E-state index contributed by atoms with van der Waals surface area (Å²) >= 11 is 3.06. The Bertz CT molecular complexity index is 610. The second-order valence-corrected chi connectivity index (χ2v) is 7.06. The number of benzene rings is 1. The normalized spacial score (nSPS) is 16.4. The van der Waals surface area contributed by atoms with Gasteiger partial charge in [0.05, 0.1) is 16.6 Å². The highest BCUT2D eigenvalue weighted by Crippen LogP contribution is 2.23. The molecule has 0 saturated heterocycles. The third-order valence-electron chi connectivity index (χ3n) is 3.11. The van der Waals surface area contributed by atoms with Crippen molar-refractivity contribution < 1.29 is 23.2 Å². The van der Waals surface area contributed by atoms with Gasteiger partial charge in [-0.1, -0.05) is 17.7 Å². The van der Waals surface area contributed by atoms with Crippen LogP contribution in [0.1, 0.15) is 36.0 Å². The molecule has 0 radical (unpaired) electrons. The van der Waals surface area contributed by atoms with Crippen molar-refractivity contribution in [1.29, 1.82) is 0 Å². The van der Waals surface area contributed by atoms with Crippen LogP contribution in [-0.4, -0.2) is 25.6 Å². The Labute approximate surface area is 125 Å². The molecule has 1 aromatic rings. The van der Waals surface area contributed by atoms with Gasteiger partial charge in [-0.3, -0.25) is 4.84 Å². The van der Waals surface area contributed by atoms with Gasteiger partial charge in [-0.2, -0.15) is 0 Å². The van der Waals surface area contributed by atoms with Gasteiger partial charge < -0.3 is 5.11 Å². The van der Waals surface area contributed by atoms with E-state index >= 15 is 0 Å². The Morgan fingerprint density at radius 1 is 1.35 bits per heavy atom. The van der Waals surface area contributed by atoms with E-state index in [4.69, 9.17) is 9.94 Å². The maximum Gasteiger partial charge on any atom is 0.336 e. The number of hydrogen-bond donors (Lipinski definition) is 2. The lowest BCUT2D eigenvalue weighted by molar-refractivity contribution is 0.0223. The Kier molecular flexibility index (Phi) is 4.79. The summed E-state index contributed by atoms with van der Waals surface area (Å²) in [4.78, 5) is 18.1. The summed E-state index contributed by atoms with van der Waals surface area (Å²) in [7, 11) is -3.88. The van der Waals surface area contributed by atoms with Crippen molar-refractivity contribution in [3.05, 3.63) is 28.2 Å². The summed E-state index contributed by atoms with van der Waals surface area (Å²) < 4.78 is 24.4. The summed E-state index contributed by atoms with van der Waals surface area (Å²) in [5.41, 5.74) is -0.117. The Balaban J connectivity index is 2.16. The lowest BCUT2D eigenvalue weighted by atomic mass is 10.2. The van der Waals surface area contributed by atoms with E-state index in [1.165, 1.54) is 12.1 Å². The van der Waals surface area contributed by atoms with Crippen LogP contribution in [0, 0.1) is 0 Å². The number of hydrogen-bond acceptors (Lipinski definition) is 4. The third-order valence-corrected chi connectivity index (χ3v) is 4.99. The molecule has 2 N–H and O–H groups in total. The van der Waals surface area contributed by atoms with Crippen molar-refractivity contribution >= 4 is 31.9 Å². The Morgan fingerprint density at radius 2 is 2.00 bits per heavy atom. The van der Waals surface area contributed by atoms with E-state index in [0.717, 1.165) is 31.7 Å². The Hall–Kier alpha value is -0.960. The molecular weight excluding hydrogens is 350 g/mol. The van der Waals surface area contributed by atoms with Gasteiger partial charge in [0, 0.05) is 4.47 Å². The first kappa shape index (κ1) is 15.4. The van der Waals surface area contributed by atoms with Crippen LogP contribution in [0.15, 0.2) is 27.6 Å². The van der Waals surface area contributed by atoms with Crippen molar-refractivity contribution in [2.45, 2.75) is 36.7 Å². The first-order valence-corrected chi connectivity index (χ1v) is 8.38. The van der Waals surface area contributed by atoms with Crippen molar-refractivity contribution in [2.75, 3.05) is 0 Å². The van der Waals surface area contributed by atoms with E-state index < -0.39 is 16.0 Å². The zero-order valence-electron chi connectivity index (χ0n) is 10.5. The molecular formula is C12H14BrNO5S. The van der Waals surface area contributed by atoms with E-state index in [1.54, 1.807) is 0 Å². The zero-order valence-corrected chi connectivity index (χ0v) is 12.9.